The topological polar surface area (TPSA) is 50.4 Å². The maximum Gasteiger partial charge on any atom is 0.251 e. The number of amides is 1. The Balaban J connectivity index is 1.72. The van der Waals surface area contributed by atoms with Crippen molar-refractivity contribution in [1.29, 1.82) is 0 Å². The van der Waals surface area contributed by atoms with E-state index in [4.69, 9.17) is 4.74 Å². The molecule has 0 aliphatic carbocycles. The van der Waals surface area contributed by atoms with Gasteiger partial charge in [-0.15, -0.1) is 0 Å². The van der Waals surface area contributed by atoms with E-state index in [0.29, 0.717) is 30.4 Å². The summed E-state index contributed by atoms with van der Waals surface area (Å²) in [7, 11) is 0. The summed E-state index contributed by atoms with van der Waals surface area (Å²) >= 11 is 0. The summed E-state index contributed by atoms with van der Waals surface area (Å²) in [5, 5.41) is 6.07. The van der Waals surface area contributed by atoms with Crippen LogP contribution in [-0.2, 0) is 4.74 Å². The van der Waals surface area contributed by atoms with Gasteiger partial charge in [0.15, 0.2) is 0 Å². The minimum absolute atomic E-state index is 0.184. The molecule has 1 saturated heterocycles. The summed E-state index contributed by atoms with van der Waals surface area (Å²) in [5.41, 5.74) is 1.15. The molecule has 2 N–H and O–H groups in total. The first-order valence-corrected chi connectivity index (χ1v) is 7.03. The van der Waals surface area contributed by atoms with E-state index in [1.807, 2.05) is 0 Å². The Morgan fingerprint density at radius 2 is 2.20 bits per heavy atom. The van der Waals surface area contributed by atoms with Crippen molar-refractivity contribution in [2.24, 2.45) is 0 Å². The zero-order valence-electron chi connectivity index (χ0n) is 11.7. The second-order valence-electron chi connectivity index (χ2n) is 5.04. The fourth-order valence-corrected chi connectivity index (χ4v) is 2.33. The molecule has 5 heteroatoms. The van der Waals surface area contributed by atoms with Gasteiger partial charge in [-0.05, 0) is 56.6 Å². The van der Waals surface area contributed by atoms with Gasteiger partial charge in [-0.1, -0.05) is 0 Å². The van der Waals surface area contributed by atoms with Gasteiger partial charge in [-0.3, -0.25) is 4.79 Å². The van der Waals surface area contributed by atoms with Crippen LogP contribution in [0.25, 0.3) is 0 Å². The molecule has 1 aromatic carbocycles. The van der Waals surface area contributed by atoms with Gasteiger partial charge in [0.25, 0.3) is 5.91 Å². The largest absolute Gasteiger partial charge is 0.376 e. The van der Waals surface area contributed by atoms with E-state index in [1.165, 1.54) is 18.2 Å². The van der Waals surface area contributed by atoms with Crippen molar-refractivity contribution in [1.82, 2.24) is 10.6 Å². The van der Waals surface area contributed by atoms with Gasteiger partial charge in [0, 0.05) is 12.1 Å². The molecular formula is C15H21FN2O2. The van der Waals surface area contributed by atoms with Gasteiger partial charge < -0.3 is 15.4 Å². The Morgan fingerprint density at radius 3 is 2.90 bits per heavy atom. The standard InChI is InChI=1S/C15H21FN2O2/c1-11-10-12(16)2-3-14(11)15(19)18-8-9-20-13-4-6-17-7-5-13/h2-3,10,13,17H,4-9H2,1H3,(H,18,19). The molecule has 0 saturated carbocycles. The quantitative estimate of drug-likeness (QED) is 0.806. The van der Waals surface area contributed by atoms with Gasteiger partial charge in [0.2, 0.25) is 0 Å². The van der Waals surface area contributed by atoms with Gasteiger partial charge in [0.1, 0.15) is 5.82 Å². The second kappa shape index (κ2) is 7.36. The molecule has 1 heterocycles. The van der Waals surface area contributed by atoms with Crippen LogP contribution in [0.2, 0.25) is 0 Å². The molecule has 1 aliphatic heterocycles. The van der Waals surface area contributed by atoms with Crippen LogP contribution in [0, 0.1) is 12.7 Å². The fraction of sp³-hybridized carbons (Fsp3) is 0.533. The average molecular weight is 280 g/mol. The van der Waals surface area contributed by atoms with Crippen molar-refractivity contribution in [3.8, 4) is 0 Å². The molecule has 1 aliphatic rings. The highest BCUT2D eigenvalue weighted by molar-refractivity contribution is 5.95. The minimum Gasteiger partial charge on any atom is -0.376 e. The zero-order chi connectivity index (χ0) is 14.4. The van der Waals surface area contributed by atoms with Gasteiger partial charge in [-0.25, -0.2) is 4.39 Å². The molecular weight excluding hydrogens is 259 g/mol. The van der Waals surface area contributed by atoms with Crippen LogP contribution in [0.3, 0.4) is 0 Å². The SMILES string of the molecule is Cc1cc(F)ccc1C(=O)NCCOC1CCNCC1. The normalized spacial score (nSPS) is 16.1. The number of benzene rings is 1. The number of carbonyl (C=O) groups is 1. The van der Waals surface area contributed by atoms with Crippen molar-refractivity contribution >= 4 is 5.91 Å². The number of ether oxygens (including phenoxy) is 1. The van der Waals surface area contributed by atoms with E-state index in [-0.39, 0.29) is 11.7 Å². The Hall–Kier alpha value is -1.46. The Kier molecular flexibility index (Phi) is 5.49. The summed E-state index contributed by atoms with van der Waals surface area (Å²) < 4.78 is 18.7. The van der Waals surface area contributed by atoms with E-state index in [1.54, 1.807) is 6.92 Å². The van der Waals surface area contributed by atoms with Crippen molar-refractivity contribution in [2.75, 3.05) is 26.2 Å². The summed E-state index contributed by atoms with van der Waals surface area (Å²) in [5.74, 6) is -0.510. The predicted molar refractivity (Wildman–Crippen MR) is 75.3 cm³/mol. The maximum absolute atomic E-state index is 13.0. The Bertz CT molecular complexity index is 459. The number of halogens is 1. The lowest BCUT2D eigenvalue weighted by Gasteiger charge is -2.22. The Labute approximate surface area is 118 Å². The van der Waals surface area contributed by atoms with Gasteiger partial charge >= 0.3 is 0 Å². The number of rotatable bonds is 5. The van der Waals surface area contributed by atoms with Crippen LogP contribution in [0.15, 0.2) is 18.2 Å². The molecule has 2 rings (SSSR count). The third-order valence-corrected chi connectivity index (χ3v) is 3.46. The van der Waals surface area contributed by atoms with E-state index in [9.17, 15) is 9.18 Å². The van der Waals surface area contributed by atoms with Crippen molar-refractivity contribution in [3.05, 3.63) is 35.1 Å². The number of hydrogen-bond donors (Lipinski definition) is 2. The van der Waals surface area contributed by atoms with E-state index < -0.39 is 0 Å². The first-order valence-electron chi connectivity index (χ1n) is 7.03. The summed E-state index contributed by atoms with van der Waals surface area (Å²) in [4.78, 5) is 11.9. The van der Waals surface area contributed by atoms with Crippen molar-refractivity contribution in [2.45, 2.75) is 25.9 Å². The lowest BCUT2D eigenvalue weighted by molar-refractivity contribution is 0.0343. The lowest BCUT2D eigenvalue weighted by atomic mass is 10.1. The number of nitrogens with one attached hydrogen (secondary N) is 2. The van der Waals surface area contributed by atoms with Crippen LogP contribution in [0.4, 0.5) is 4.39 Å². The van der Waals surface area contributed by atoms with Crippen molar-refractivity contribution < 1.29 is 13.9 Å². The summed E-state index contributed by atoms with van der Waals surface area (Å²) in [6.45, 7) is 4.69. The third kappa shape index (κ3) is 4.28. The van der Waals surface area contributed by atoms with Crippen molar-refractivity contribution in [3.63, 3.8) is 0 Å². The number of piperidine rings is 1. The lowest BCUT2D eigenvalue weighted by Crippen LogP contribution is -2.34. The third-order valence-electron chi connectivity index (χ3n) is 3.46. The smallest absolute Gasteiger partial charge is 0.251 e. The van der Waals surface area contributed by atoms with Crippen LogP contribution in [0.1, 0.15) is 28.8 Å². The summed E-state index contributed by atoms with van der Waals surface area (Å²) in [6, 6.07) is 4.17. The highest BCUT2D eigenvalue weighted by Crippen LogP contribution is 2.10. The maximum atomic E-state index is 13.0. The molecule has 0 radical (unpaired) electrons. The fourth-order valence-electron chi connectivity index (χ4n) is 2.33. The molecule has 1 amide bonds. The van der Waals surface area contributed by atoms with Crippen LogP contribution < -0.4 is 10.6 Å². The highest BCUT2D eigenvalue weighted by atomic mass is 19.1. The highest BCUT2D eigenvalue weighted by Gasteiger charge is 2.13. The van der Waals surface area contributed by atoms with Crippen LogP contribution in [0.5, 0.6) is 0 Å². The first kappa shape index (κ1) is 14.9. The zero-order valence-corrected chi connectivity index (χ0v) is 11.7. The monoisotopic (exact) mass is 280 g/mol. The Morgan fingerprint density at radius 1 is 1.45 bits per heavy atom. The van der Waals surface area contributed by atoms with Crippen LogP contribution >= 0.6 is 0 Å². The van der Waals surface area contributed by atoms with Crippen LogP contribution in [-0.4, -0.2) is 38.3 Å². The summed E-state index contributed by atoms with van der Waals surface area (Å²) in [6.07, 6.45) is 2.33. The van der Waals surface area contributed by atoms with E-state index in [0.717, 1.165) is 25.9 Å². The molecule has 20 heavy (non-hydrogen) atoms. The molecule has 0 spiro atoms. The second-order valence-corrected chi connectivity index (χ2v) is 5.04. The first-order chi connectivity index (χ1) is 9.66. The van der Waals surface area contributed by atoms with E-state index in [2.05, 4.69) is 10.6 Å². The molecule has 1 aromatic rings. The van der Waals surface area contributed by atoms with Gasteiger partial charge in [0.05, 0.1) is 12.7 Å². The molecule has 0 atom stereocenters. The van der Waals surface area contributed by atoms with E-state index >= 15 is 0 Å². The molecule has 0 bridgehead atoms. The molecule has 1 fully saturated rings. The minimum atomic E-state index is -0.326. The van der Waals surface area contributed by atoms with Gasteiger partial charge in [-0.2, -0.15) is 0 Å². The number of hydrogen-bond acceptors (Lipinski definition) is 3. The molecule has 0 unspecified atom stereocenters. The molecule has 4 nitrogen and oxygen atoms in total. The average Bonchev–Trinajstić information content (AvgIpc) is 2.44. The molecule has 110 valence electrons. The number of aryl methyl sites for hydroxylation is 1. The number of carbonyl (C=O) groups excluding carboxylic acids is 1. The predicted octanol–water partition coefficient (Wildman–Crippen LogP) is 1.63. The molecule has 0 aromatic heterocycles.